The lowest BCUT2D eigenvalue weighted by atomic mass is 10.4. The van der Waals surface area contributed by atoms with Crippen LogP contribution >= 0.6 is 0 Å². The fourth-order valence-electron chi connectivity index (χ4n) is 7.29. The largest absolute Gasteiger partial charge is 0.479 e. The molecule has 6 aliphatic rings. The average molecular weight is 845 g/mol. The maximum Gasteiger partial charge on any atom is 0.479 e. The van der Waals surface area contributed by atoms with Crippen LogP contribution in [0.2, 0.25) is 48.4 Å². The first-order valence-electron chi connectivity index (χ1n) is 19.0. The summed E-state index contributed by atoms with van der Waals surface area (Å²) in [5.74, 6) is -0.455. The van der Waals surface area contributed by atoms with Crippen LogP contribution in [0.15, 0.2) is 12.2 Å². The Morgan fingerprint density at radius 1 is 0.420 bits per heavy atom. The predicted molar refractivity (Wildman–Crippen MR) is 200 cm³/mol. The third-order valence-electron chi connectivity index (χ3n) is 8.83. The van der Waals surface area contributed by atoms with Gasteiger partial charge in [-0.3, -0.25) is 0 Å². The number of hydrogen-bond donors (Lipinski definition) is 0. The molecule has 0 aromatic carbocycles. The second kappa shape index (κ2) is 16.3. The highest BCUT2D eigenvalue weighted by Gasteiger charge is 2.82. The van der Waals surface area contributed by atoms with Crippen molar-refractivity contribution in [3.05, 3.63) is 12.2 Å². The third-order valence-corrected chi connectivity index (χ3v) is 47.4. The smallest absolute Gasteiger partial charge is 0.462 e. The molecule has 0 aromatic rings. The van der Waals surface area contributed by atoms with Crippen LogP contribution in [-0.4, -0.2) is 83.0 Å². The van der Waals surface area contributed by atoms with Gasteiger partial charge in [-0.2, -0.15) is 0 Å². The van der Waals surface area contributed by atoms with Gasteiger partial charge in [0.15, 0.2) is 0 Å². The first kappa shape index (κ1) is 41.6. The minimum absolute atomic E-state index is 0.118. The van der Waals surface area contributed by atoms with E-state index in [1.54, 1.807) is 6.92 Å². The Morgan fingerprint density at radius 3 is 0.800 bits per heavy atom. The molecule has 0 aromatic heterocycles. The van der Waals surface area contributed by atoms with Crippen molar-refractivity contribution in [1.82, 2.24) is 0 Å². The van der Waals surface area contributed by atoms with Gasteiger partial charge in [-0.15, -0.1) is 0 Å². The van der Waals surface area contributed by atoms with Crippen molar-refractivity contribution in [2.75, 3.05) is 6.61 Å². The number of carbonyl (C=O) groups is 1. The zero-order valence-corrected chi connectivity index (χ0v) is 39.4. The Hall–Kier alpha value is 0.465. The van der Waals surface area contributed by atoms with E-state index < -0.39 is 76.4 Å². The van der Waals surface area contributed by atoms with Crippen molar-refractivity contribution >= 4 is 76.4 Å². The molecule has 0 spiro atoms. The van der Waals surface area contributed by atoms with Gasteiger partial charge in [-0.25, -0.2) is 4.79 Å². The molecule has 6 fully saturated rings. The lowest BCUT2D eigenvalue weighted by Crippen LogP contribution is -2.88. The monoisotopic (exact) mass is 844 g/mol. The second-order valence-electron chi connectivity index (χ2n) is 14.0. The minimum atomic E-state index is -3.95. The van der Waals surface area contributed by atoms with Crippen molar-refractivity contribution < 1.29 is 58.9 Å². The summed E-state index contributed by atoms with van der Waals surface area (Å²) in [5.41, 5.74) is 0.331. The van der Waals surface area contributed by atoms with E-state index in [9.17, 15) is 4.79 Å². The quantitative estimate of drug-likeness (QED) is 0.0564. The standard InChI is InChI=1S/C28H60O14Si8/c1-10-19-43-31-44(20-11-2)34-47(23-14-5)36-45(32-43,21-12-3)38-49(25-16-7)39-46(33-43,22-13-4)37-48(35-44,24-15-6)41-50(40-47,42-49)26-17-18-30-28(29)27(8)9/h8,10-26H2,1-7,9H3. The molecule has 0 radical (unpaired) electrons. The highest BCUT2D eigenvalue weighted by atomic mass is 28.6. The van der Waals surface area contributed by atoms with Crippen molar-refractivity contribution in [2.24, 2.45) is 0 Å². The molecule has 6 heterocycles. The highest BCUT2D eigenvalue weighted by molar-refractivity contribution is 7.03. The van der Waals surface area contributed by atoms with Gasteiger partial charge in [-0.05, 0) is 13.3 Å². The van der Waals surface area contributed by atoms with E-state index in [-0.39, 0.29) is 12.7 Å². The SMILES string of the molecule is C=C(C)C(=O)OCCC[Si]12O[Si]3(CCC)O[Si]4(CCC)O[Si]5(CCC)O[Si](CCC)(O3)O[Si](CCC)(O[Si](CCC)(O5)O[Si](CCC)(O4)O1)O2. The van der Waals surface area contributed by atoms with E-state index in [1.165, 1.54) is 0 Å². The molecule has 6 aliphatic heterocycles. The first-order chi connectivity index (χ1) is 23.7. The molecular formula is C28H60O14Si8. The van der Waals surface area contributed by atoms with Crippen molar-refractivity contribution in [2.45, 2.75) is 155 Å². The van der Waals surface area contributed by atoms with E-state index in [0.717, 1.165) is 25.7 Å². The molecular weight excluding hydrogens is 785 g/mol. The van der Waals surface area contributed by atoms with Crippen LogP contribution in [0.5, 0.6) is 0 Å². The molecule has 0 unspecified atom stereocenters. The molecule has 50 heavy (non-hydrogen) atoms. The molecule has 0 saturated carbocycles. The topological polar surface area (TPSA) is 137 Å². The molecule has 0 N–H and O–H groups in total. The van der Waals surface area contributed by atoms with Gasteiger partial charge in [0, 0.05) is 53.9 Å². The molecule has 288 valence electrons. The van der Waals surface area contributed by atoms with Crippen molar-refractivity contribution in [1.29, 1.82) is 0 Å². The van der Waals surface area contributed by atoms with E-state index in [4.69, 9.17) is 54.1 Å². The number of ether oxygens (including phenoxy) is 1. The highest BCUT2D eigenvalue weighted by Crippen LogP contribution is 2.54. The molecule has 6 saturated heterocycles. The zero-order chi connectivity index (χ0) is 36.4. The summed E-state index contributed by atoms with van der Waals surface area (Å²) in [6.45, 7) is 20.1. The Morgan fingerprint density at radius 2 is 0.620 bits per heavy atom. The second-order valence-corrected chi connectivity index (χ2v) is 38.7. The molecule has 8 bridgehead atoms. The lowest BCUT2D eigenvalue weighted by molar-refractivity contribution is -0.139. The maximum atomic E-state index is 12.4. The summed E-state index contributed by atoms with van der Waals surface area (Å²) in [6, 6.07) is 3.62. The van der Waals surface area contributed by atoms with Crippen LogP contribution in [0.25, 0.3) is 0 Å². The Labute approximate surface area is 308 Å². The Bertz CT molecular complexity index is 1090. The number of carbonyl (C=O) groups excluding carboxylic acids is 1. The third kappa shape index (κ3) is 8.63. The van der Waals surface area contributed by atoms with Crippen molar-refractivity contribution in [3.8, 4) is 0 Å². The number of esters is 1. The number of hydrogen-bond acceptors (Lipinski definition) is 14. The Balaban J connectivity index is 1.80. The average Bonchev–Trinajstić information content (AvgIpc) is 2.96. The van der Waals surface area contributed by atoms with Crippen LogP contribution in [0.3, 0.4) is 0 Å². The Kier molecular flexibility index (Phi) is 13.6. The summed E-state index contributed by atoms with van der Waals surface area (Å²) < 4.78 is 95.0. The molecule has 0 aliphatic carbocycles. The normalized spacial score (nSPS) is 42.0. The summed E-state index contributed by atoms with van der Waals surface area (Å²) in [5, 5.41) is 0. The summed E-state index contributed by atoms with van der Waals surface area (Å²) in [7, 11) is -30.4. The van der Waals surface area contributed by atoms with Gasteiger partial charge in [0.05, 0.1) is 6.61 Å². The van der Waals surface area contributed by atoms with Gasteiger partial charge in [0.2, 0.25) is 0 Å². The summed E-state index contributed by atoms with van der Waals surface area (Å²) >= 11 is 0. The van der Waals surface area contributed by atoms with E-state index in [1.807, 2.05) is 0 Å². The van der Waals surface area contributed by atoms with E-state index in [2.05, 4.69) is 55.0 Å². The van der Waals surface area contributed by atoms with Gasteiger partial charge in [-0.1, -0.05) is 100.0 Å². The molecule has 0 amide bonds. The van der Waals surface area contributed by atoms with Gasteiger partial charge in [0.25, 0.3) is 0 Å². The zero-order valence-electron chi connectivity index (χ0n) is 31.4. The molecule has 22 heteroatoms. The molecule has 6 rings (SSSR count). The van der Waals surface area contributed by atoms with Gasteiger partial charge >= 0.3 is 76.4 Å². The van der Waals surface area contributed by atoms with E-state index in [0.29, 0.717) is 73.6 Å². The molecule has 14 nitrogen and oxygen atoms in total. The van der Waals surface area contributed by atoms with Crippen LogP contribution in [0.1, 0.15) is 107 Å². The van der Waals surface area contributed by atoms with Crippen LogP contribution in [-0.2, 0) is 58.9 Å². The minimum Gasteiger partial charge on any atom is -0.462 e. The van der Waals surface area contributed by atoms with Crippen LogP contribution in [0.4, 0.5) is 0 Å². The predicted octanol–water partition coefficient (Wildman–Crippen LogP) is 7.14. The van der Waals surface area contributed by atoms with Crippen molar-refractivity contribution in [3.63, 3.8) is 0 Å². The van der Waals surface area contributed by atoms with Crippen LogP contribution in [0, 0.1) is 0 Å². The lowest BCUT2D eigenvalue weighted by Gasteiger charge is -2.63. The van der Waals surface area contributed by atoms with Gasteiger partial charge in [0.1, 0.15) is 0 Å². The fourth-order valence-corrected chi connectivity index (χ4v) is 57.7. The van der Waals surface area contributed by atoms with Gasteiger partial charge < -0.3 is 54.1 Å². The fraction of sp³-hybridized carbons (Fsp3) is 0.893. The first-order valence-corrected chi connectivity index (χ1v) is 34.4. The molecule has 0 atom stereocenters. The van der Waals surface area contributed by atoms with E-state index >= 15 is 0 Å². The van der Waals surface area contributed by atoms with Crippen LogP contribution < -0.4 is 0 Å². The number of rotatable bonds is 19. The summed E-state index contributed by atoms with van der Waals surface area (Å²) in [4.78, 5) is 12.4. The maximum absolute atomic E-state index is 12.4. The summed E-state index contributed by atoms with van der Waals surface area (Å²) in [6.07, 6.45) is 5.37.